The number of aromatic nitrogens is 1. The van der Waals surface area contributed by atoms with Gasteiger partial charge in [-0.1, -0.05) is 6.08 Å². The van der Waals surface area contributed by atoms with Crippen molar-refractivity contribution in [3.8, 4) is 0 Å². The minimum absolute atomic E-state index is 0. The second kappa shape index (κ2) is 4.33. The molecule has 1 aliphatic carbocycles. The molecule has 1 aromatic rings. The molecule has 0 radical (unpaired) electrons. The Labute approximate surface area is 96.2 Å². The van der Waals surface area contributed by atoms with Crippen molar-refractivity contribution in [1.29, 1.82) is 0 Å². The van der Waals surface area contributed by atoms with E-state index in [4.69, 9.17) is 0 Å². The van der Waals surface area contributed by atoms with Gasteiger partial charge >= 0.3 is 0 Å². The summed E-state index contributed by atoms with van der Waals surface area (Å²) in [4.78, 5) is 4.05. The van der Waals surface area contributed by atoms with Crippen LogP contribution in [0.2, 0.25) is 0 Å². The summed E-state index contributed by atoms with van der Waals surface area (Å²) < 4.78 is 0. The van der Waals surface area contributed by atoms with E-state index in [-0.39, 0.29) is 12.4 Å². The van der Waals surface area contributed by atoms with E-state index in [9.17, 15) is 0 Å². The number of allylic oxidation sites excluding steroid dienone is 1. The average Bonchev–Trinajstić information content (AvgIpc) is 2.78. The Hall–Kier alpha value is -0.860. The van der Waals surface area contributed by atoms with Gasteiger partial charge in [-0.25, -0.2) is 0 Å². The second-order valence-corrected chi connectivity index (χ2v) is 4.21. The fourth-order valence-corrected chi connectivity index (χ4v) is 2.56. The van der Waals surface area contributed by atoms with Crippen LogP contribution in [0.25, 0.3) is 5.57 Å². The maximum atomic E-state index is 4.05. The molecule has 1 fully saturated rings. The molecule has 1 aliphatic heterocycles. The van der Waals surface area contributed by atoms with Crippen molar-refractivity contribution in [2.24, 2.45) is 11.8 Å². The van der Waals surface area contributed by atoms with E-state index in [0.29, 0.717) is 0 Å². The van der Waals surface area contributed by atoms with Crippen molar-refractivity contribution in [3.63, 3.8) is 0 Å². The van der Waals surface area contributed by atoms with Crippen LogP contribution >= 0.6 is 12.4 Å². The molecule has 3 heteroatoms. The lowest BCUT2D eigenvalue weighted by molar-refractivity contribution is 0.536. The highest BCUT2D eigenvalue weighted by molar-refractivity contribution is 5.85. The van der Waals surface area contributed by atoms with Crippen LogP contribution < -0.4 is 5.32 Å². The summed E-state index contributed by atoms with van der Waals surface area (Å²) in [5, 5.41) is 3.44. The molecular formula is C12H15ClN2. The fraction of sp³-hybridized carbons (Fsp3) is 0.417. The quantitative estimate of drug-likeness (QED) is 0.788. The lowest BCUT2D eigenvalue weighted by Gasteiger charge is -2.05. The molecule has 2 atom stereocenters. The van der Waals surface area contributed by atoms with Crippen LogP contribution in [0.3, 0.4) is 0 Å². The van der Waals surface area contributed by atoms with Crippen LogP contribution in [0.15, 0.2) is 30.6 Å². The topological polar surface area (TPSA) is 24.9 Å². The van der Waals surface area contributed by atoms with Gasteiger partial charge in [0.05, 0.1) is 0 Å². The number of pyridine rings is 1. The Morgan fingerprint density at radius 2 is 2.00 bits per heavy atom. The average molecular weight is 223 g/mol. The van der Waals surface area contributed by atoms with Crippen molar-refractivity contribution >= 4 is 18.0 Å². The van der Waals surface area contributed by atoms with Crippen molar-refractivity contribution in [2.75, 3.05) is 13.1 Å². The molecule has 1 aromatic heterocycles. The predicted octanol–water partition coefficient (Wildman–Crippen LogP) is 2.13. The van der Waals surface area contributed by atoms with Gasteiger partial charge in [-0.05, 0) is 48.1 Å². The van der Waals surface area contributed by atoms with Gasteiger partial charge in [-0.3, -0.25) is 4.98 Å². The molecular weight excluding hydrogens is 208 g/mol. The molecule has 80 valence electrons. The molecule has 0 bridgehead atoms. The number of nitrogens with one attached hydrogen (secondary N) is 1. The van der Waals surface area contributed by atoms with Crippen LogP contribution in [-0.2, 0) is 0 Å². The smallest absolute Gasteiger partial charge is 0.0273 e. The summed E-state index contributed by atoms with van der Waals surface area (Å²) in [6.45, 7) is 2.36. The first kappa shape index (κ1) is 10.7. The minimum atomic E-state index is 0. The first-order valence-electron chi connectivity index (χ1n) is 5.25. The van der Waals surface area contributed by atoms with Gasteiger partial charge in [0, 0.05) is 18.9 Å². The van der Waals surface area contributed by atoms with Gasteiger partial charge in [0.1, 0.15) is 0 Å². The Balaban J connectivity index is 0.000000853. The Morgan fingerprint density at radius 3 is 2.73 bits per heavy atom. The maximum absolute atomic E-state index is 4.05. The molecule has 0 unspecified atom stereocenters. The Kier molecular flexibility index (Phi) is 3.08. The zero-order valence-corrected chi connectivity index (χ0v) is 9.33. The highest BCUT2D eigenvalue weighted by Crippen LogP contribution is 2.37. The van der Waals surface area contributed by atoms with Gasteiger partial charge in [0.25, 0.3) is 0 Å². The van der Waals surface area contributed by atoms with Gasteiger partial charge in [0.15, 0.2) is 0 Å². The summed E-state index contributed by atoms with van der Waals surface area (Å²) in [5.74, 6) is 1.62. The monoisotopic (exact) mass is 222 g/mol. The van der Waals surface area contributed by atoms with Crippen LogP contribution in [0.5, 0.6) is 0 Å². The van der Waals surface area contributed by atoms with Gasteiger partial charge < -0.3 is 5.32 Å². The molecule has 2 aliphatic rings. The van der Waals surface area contributed by atoms with Crippen molar-refractivity contribution in [2.45, 2.75) is 6.42 Å². The molecule has 0 aromatic carbocycles. The van der Waals surface area contributed by atoms with Gasteiger partial charge in [0.2, 0.25) is 0 Å². The van der Waals surface area contributed by atoms with E-state index in [1.54, 1.807) is 0 Å². The van der Waals surface area contributed by atoms with Crippen LogP contribution in [0, 0.1) is 11.8 Å². The van der Waals surface area contributed by atoms with E-state index in [1.165, 1.54) is 30.6 Å². The lowest BCUT2D eigenvalue weighted by atomic mass is 9.99. The van der Waals surface area contributed by atoms with E-state index in [0.717, 1.165) is 11.8 Å². The van der Waals surface area contributed by atoms with E-state index in [1.807, 2.05) is 12.4 Å². The third-order valence-electron chi connectivity index (χ3n) is 3.34. The summed E-state index contributed by atoms with van der Waals surface area (Å²) >= 11 is 0. The standard InChI is InChI=1S/C12H14N2.ClH/c1-3-13-4-2-9(1)10-5-11-7-14-8-12(11)6-10;/h1-5,11-12,14H,6-8H2;1H/t11-,12+;/m1./s1. The third kappa shape index (κ3) is 1.92. The molecule has 0 amide bonds. The number of nitrogens with zero attached hydrogens (tertiary/aromatic N) is 1. The molecule has 2 nitrogen and oxygen atoms in total. The maximum Gasteiger partial charge on any atom is 0.0273 e. The lowest BCUT2D eigenvalue weighted by Crippen LogP contribution is -2.09. The number of hydrogen-bond donors (Lipinski definition) is 1. The first-order chi connectivity index (χ1) is 6.93. The Bertz CT molecular complexity index is 361. The molecule has 0 spiro atoms. The highest BCUT2D eigenvalue weighted by atomic mass is 35.5. The largest absolute Gasteiger partial charge is 0.316 e. The summed E-state index contributed by atoms with van der Waals surface area (Å²) in [6, 6.07) is 4.22. The van der Waals surface area contributed by atoms with Gasteiger partial charge in [-0.2, -0.15) is 0 Å². The van der Waals surface area contributed by atoms with E-state index >= 15 is 0 Å². The number of fused-ring (bicyclic) bond motifs is 1. The zero-order chi connectivity index (χ0) is 9.38. The number of halogens is 1. The van der Waals surface area contributed by atoms with Crippen molar-refractivity contribution in [3.05, 3.63) is 36.2 Å². The summed E-state index contributed by atoms with van der Waals surface area (Å²) in [7, 11) is 0. The van der Waals surface area contributed by atoms with Crippen LogP contribution in [0.4, 0.5) is 0 Å². The molecule has 15 heavy (non-hydrogen) atoms. The molecule has 3 rings (SSSR count). The summed E-state index contributed by atoms with van der Waals surface area (Å²) in [5.41, 5.74) is 2.87. The zero-order valence-electron chi connectivity index (χ0n) is 8.52. The minimum Gasteiger partial charge on any atom is -0.316 e. The van der Waals surface area contributed by atoms with Gasteiger partial charge in [-0.15, -0.1) is 12.4 Å². The Morgan fingerprint density at radius 1 is 1.20 bits per heavy atom. The van der Waals surface area contributed by atoms with Crippen molar-refractivity contribution in [1.82, 2.24) is 10.3 Å². The van der Waals surface area contributed by atoms with Crippen LogP contribution in [-0.4, -0.2) is 18.1 Å². The summed E-state index contributed by atoms with van der Waals surface area (Å²) in [6.07, 6.45) is 7.44. The second-order valence-electron chi connectivity index (χ2n) is 4.21. The van der Waals surface area contributed by atoms with E-state index in [2.05, 4.69) is 28.5 Å². The molecule has 0 saturated carbocycles. The predicted molar refractivity (Wildman–Crippen MR) is 63.9 cm³/mol. The molecule has 1 N–H and O–H groups in total. The first-order valence-corrected chi connectivity index (χ1v) is 5.25. The molecule has 1 saturated heterocycles. The third-order valence-corrected chi connectivity index (χ3v) is 3.34. The van der Waals surface area contributed by atoms with E-state index < -0.39 is 0 Å². The normalized spacial score (nSPS) is 28.1. The fourth-order valence-electron chi connectivity index (χ4n) is 2.56. The highest BCUT2D eigenvalue weighted by Gasteiger charge is 2.31. The SMILES string of the molecule is C1=C(c2ccncc2)C[C@H]2CNC[C@@H]12.Cl. The molecule has 2 heterocycles. The number of hydrogen-bond acceptors (Lipinski definition) is 2. The van der Waals surface area contributed by atoms with Crippen LogP contribution in [0.1, 0.15) is 12.0 Å². The number of rotatable bonds is 1. The van der Waals surface area contributed by atoms with Crippen molar-refractivity contribution < 1.29 is 0 Å².